The molecular weight excluding hydrogens is 622 g/mol. The highest BCUT2D eigenvalue weighted by molar-refractivity contribution is 6.07. The van der Waals surface area contributed by atoms with Crippen LogP contribution in [0.3, 0.4) is 0 Å². The fourth-order valence-electron chi connectivity index (χ4n) is 7.03. The minimum atomic E-state index is -0.0507. The van der Waals surface area contributed by atoms with E-state index in [4.69, 9.17) is 9.47 Å². The summed E-state index contributed by atoms with van der Waals surface area (Å²) in [6.07, 6.45) is 9.29. The number of unbranched alkanes of at least 4 members (excludes halogenated alkanes) is 1. The van der Waals surface area contributed by atoms with E-state index in [9.17, 15) is 4.79 Å². The third-order valence-electron chi connectivity index (χ3n) is 10.1. The van der Waals surface area contributed by atoms with Crippen molar-refractivity contribution < 1.29 is 14.3 Å². The van der Waals surface area contributed by atoms with Crippen LogP contribution in [0.2, 0.25) is 0 Å². The Balaban J connectivity index is 1.20. The molecule has 50 heavy (non-hydrogen) atoms. The average Bonchev–Trinajstić information content (AvgIpc) is 3.42. The summed E-state index contributed by atoms with van der Waals surface area (Å²) in [5.74, 6) is 1.43. The highest BCUT2D eigenvalue weighted by Gasteiger charge is 2.25. The Morgan fingerprint density at radius 1 is 0.900 bits per heavy atom. The maximum atomic E-state index is 13.8. The Labute approximate surface area is 298 Å². The number of amides is 1. The third kappa shape index (κ3) is 8.84. The zero-order valence-corrected chi connectivity index (χ0v) is 30.3. The second kappa shape index (κ2) is 17.0. The molecule has 264 valence electrons. The van der Waals surface area contributed by atoms with Gasteiger partial charge in [0.25, 0.3) is 5.91 Å². The molecule has 8 nitrogen and oxygen atoms in total. The van der Waals surface area contributed by atoms with Crippen LogP contribution in [-0.4, -0.2) is 73.4 Å². The molecule has 1 N–H and O–H groups in total. The van der Waals surface area contributed by atoms with E-state index in [0.717, 1.165) is 103 Å². The molecule has 3 aromatic carbocycles. The van der Waals surface area contributed by atoms with E-state index in [1.807, 2.05) is 37.5 Å². The van der Waals surface area contributed by atoms with Gasteiger partial charge in [-0.1, -0.05) is 43.7 Å². The number of nitrogens with one attached hydrogen (secondary N) is 1. The number of aromatic nitrogens is 2. The van der Waals surface area contributed by atoms with E-state index in [0.29, 0.717) is 25.6 Å². The number of rotatable bonds is 14. The predicted molar refractivity (Wildman–Crippen MR) is 205 cm³/mol. The van der Waals surface area contributed by atoms with Crippen LogP contribution in [0, 0.1) is 12.8 Å². The van der Waals surface area contributed by atoms with E-state index in [-0.39, 0.29) is 5.91 Å². The molecule has 0 bridgehead atoms. The molecule has 4 aromatic rings. The minimum absolute atomic E-state index is 0.0507. The Hall–Kier alpha value is -4.40. The lowest BCUT2D eigenvalue weighted by Crippen LogP contribution is -2.37. The molecule has 3 heterocycles. The van der Waals surface area contributed by atoms with Crippen LogP contribution >= 0.6 is 0 Å². The number of fused-ring (bicyclic) bond motifs is 1. The van der Waals surface area contributed by atoms with Crippen LogP contribution in [0.1, 0.15) is 57.2 Å². The van der Waals surface area contributed by atoms with E-state index < -0.39 is 0 Å². The monoisotopic (exact) mass is 675 g/mol. The molecule has 1 fully saturated rings. The largest absolute Gasteiger partial charge is 0.491 e. The number of carbonyl (C=O) groups excluding carboxylic acids is 1. The fourth-order valence-corrected chi connectivity index (χ4v) is 7.03. The van der Waals surface area contributed by atoms with Crippen molar-refractivity contribution in [2.75, 3.05) is 63.3 Å². The molecular formula is C42H53N5O3. The van der Waals surface area contributed by atoms with Gasteiger partial charge >= 0.3 is 0 Å². The highest BCUT2D eigenvalue weighted by Crippen LogP contribution is 2.35. The fraction of sp³-hybridized carbons (Fsp3) is 0.429. The first kappa shape index (κ1) is 35.4. The molecule has 0 spiro atoms. The number of nitrogens with zero attached hydrogens (tertiary/aromatic N) is 4. The van der Waals surface area contributed by atoms with Gasteiger partial charge in [-0.3, -0.25) is 4.79 Å². The highest BCUT2D eigenvalue weighted by atomic mass is 16.5. The smallest absolute Gasteiger partial charge is 0.251 e. The average molecular weight is 676 g/mol. The summed E-state index contributed by atoms with van der Waals surface area (Å²) in [4.78, 5) is 23.3. The summed E-state index contributed by atoms with van der Waals surface area (Å²) >= 11 is 0. The van der Waals surface area contributed by atoms with Crippen LogP contribution < -0.4 is 15.0 Å². The number of carbonyl (C=O) groups is 1. The zero-order chi connectivity index (χ0) is 34.9. The molecule has 0 radical (unpaired) electrons. The Kier molecular flexibility index (Phi) is 12.1. The van der Waals surface area contributed by atoms with Crippen molar-refractivity contribution in [3.63, 3.8) is 0 Å². The second-order valence-corrected chi connectivity index (χ2v) is 13.7. The topological polar surface area (TPSA) is 71.9 Å². The third-order valence-corrected chi connectivity index (χ3v) is 10.1. The van der Waals surface area contributed by atoms with Gasteiger partial charge in [-0.05, 0) is 125 Å². The number of anilines is 2. The van der Waals surface area contributed by atoms with Gasteiger partial charge in [0.05, 0.1) is 24.3 Å². The van der Waals surface area contributed by atoms with Gasteiger partial charge in [0, 0.05) is 48.8 Å². The van der Waals surface area contributed by atoms with Gasteiger partial charge < -0.3 is 29.2 Å². The van der Waals surface area contributed by atoms with Crippen molar-refractivity contribution in [2.45, 2.75) is 59.4 Å². The van der Waals surface area contributed by atoms with Crippen LogP contribution in [0.4, 0.5) is 11.4 Å². The summed E-state index contributed by atoms with van der Waals surface area (Å²) in [7, 11) is 2.21. The lowest BCUT2D eigenvalue weighted by molar-refractivity contribution is -0.112. The van der Waals surface area contributed by atoms with Crippen LogP contribution in [-0.2, 0) is 16.1 Å². The maximum Gasteiger partial charge on any atom is 0.251 e. The first-order chi connectivity index (χ1) is 24.4. The molecule has 0 saturated carbocycles. The van der Waals surface area contributed by atoms with E-state index in [2.05, 4.69) is 94.1 Å². The van der Waals surface area contributed by atoms with Gasteiger partial charge in [0.2, 0.25) is 0 Å². The van der Waals surface area contributed by atoms with Crippen molar-refractivity contribution in [3.05, 3.63) is 89.9 Å². The van der Waals surface area contributed by atoms with Gasteiger partial charge in [0.1, 0.15) is 12.4 Å². The van der Waals surface area contributed by atoms with E-state index in [1.54, 1.807) is 0 Å². The lowest BCUT2D eigenvalue weighted by Gasteiger charge is -2.34. The van der Waals surface area contributed by atoms with Crippen molar-refractivity contribution in [1.82, 2.24) is 14.5 Å². The van der Waals surface area contributed by atoms with E-state index >= 15 is 0 Å². The number of likely N-dealkylation sites (tertiary alicyclic amines) is 1. The summed E-state index contributed by atoms with van der Waals surface area (Å²) in [5.41, 5.74) is 9.31. The molecule has 0 atom stereocenters. The number of benzene rings is 3. The summed E-state index contributed by atoms with van der Waals surface area (Å²) in [5, 5.41) is 3.19. The molecule has 2 aliphatic heterocycles. The molecule has 8 heteroatoms. The Bertz CT molecular complexity index is 1740. The van der Waals surface area contributed by atoms with Crippen LogP contribution in [0.15, 0.2) is 78.6 Å². The van der Waals surface area contributed by atoms with Crippen molar-refractivity contribution >= 4 is 23.4 Å². The number of aryl methyl sites for hydroxylation is 2. The number of imidazole rings is 1. The number of hydrogen-bond acceptors (Lipinski definition) is 6. The summed E-state index contributed by atoms with van der Waals surface area (Å²) in [6.45, 7) is 13.2. The number of ether oxygens (including phenoxy) is 2. The SMILES string of the molecule is CCCCOCCOc1ccc(-c2ccc3c(c2)C=C(C(=O)Nc2ccc(-c4c(C)ncn4CC)cc2)CCN3CC2CCN(C)CC2)cc1. The summed E-state index contributed by atoms with van der Waals surface area (Å²) in [6, 6.07) is 23.1. The first-order valence-electron chi connectivity index (χ1n) is 18.4. The Morgan fingerprint density at radius 3 is 2.38 bits per heavy atom. The lowest BCUT2D eigenvalue weighted by atomic mass is 9.95. The minimum Gasteiger partial charge on any atom is -0.491 e. The number of piperidine rings is 1. The molecule has 1 amide bonds. The molecule has 1 aromatic heterocycles. The first-order valence-corrected chi connectivity index (χ1v) is 18.4. The van der Waals surface area contributed by atoms with Crippen molar-refractivity contribution in [1.29, 1.82) is 0 Å². The zero-order valence-electron chi connectivity index (χ0n) is 30.3. The maximum absolute atomic E-state index is 13.8. The van der Waals surface area contributed by atoms with Crippen molar-refractivity contribution in [3.8, 4) is 28.1 Å². The Morgan fingerprint density at radius 2 is 1.64 bits per heavy atom. The second-order valence-electron chi connectivity index (χ2n) is 13.7. The molecule has 6 rings (SSSR count). The standard InChI is InChI=1S/C42H53N5O3/c1-5-7-24-49-25-26-50-39-15-10-33(11-16-39)35-12-17-40-37(27-35)28-36(20-23-47(40)29-32-18-21-45(4)22-19-32)42(48)44-38-13-8-34(9-14-38)41-31(3)43-30-46(41)6-2/h8-17,27-28,30,32H,5-7,18-26,29H2,1-4H3,(H,44,48). The van der Waals surface area contributed by atoms with Gasteiger partial charge in [-0.2, -0.15) is 0 Å². The number of hydrogen-bond donors (Lipinski definition) is 1. The summed E-state index contributed by atoms with van der Waals surface area (Å²) < 4.78 is 13.7. The molecule has 2 aliphatic rings. The molecule has 0 unspecified atom stereocenters. The van der Waals surface area contributed by atoms with Gasteiger partial charge in [0.15, 0.2) is 0 Å². The predicted octanol–water partition coefficient (Wildman–Crippen LogP) is 8.31. The normalized spacial score (nSPS) is 15.4. The molecule has 1 saturated heterocycles. The van der Waals surface area contributed by atoms with Crippen LogP contribution in [0.25, 0.3) is 28.5 Å². The molecule has 0 aliphatic carbocycles. The van der Waals surface area contributed by atoms with E-state index in [1.165, 1.54) is 18.5 Å². The van der Waals surface area contributed by atoms with Gasteiger partial charge in [-0.25, -0.2) is 4.98 Å². The quantitative estimate of drug-likeness (QED) is 0.136. The van der Waals surface area contributed by atoms with Crippen LogP contribution in [0.5, 0.6) is 5.75 Å². The van der Waals surface area contributed by atoms with Gasteiger partial charge in [-0.15, -0.1) is 0 Å². The van der Waals surface area contributed by atoms with Crippen molar-refractivity contribution in [2.24, 2.45) is 5.92 Å².